The molecule has 0 bridgehead atoms. The van der Waals surface area contributed by atoms with Crippen molar-refractivity contribution in [2.24, 2.45) is 5.92 Å². The highest BCUT2D eigenvalue weighted by atomic mass is 16.6. The Morgan fingerprint density at radius 1 is 1.28 bits per heavy atom. The zero-order valence-electron chi connectivity index (χ0n) is 15.3. The summed E-state index contributed by atoms with van der Waals surface area (Å²) in [6.07, 6.45) is 3.93. The van der Waals surface area contributed by atoms with Crippen LogP contribution in [0.1, 0.15) is 59.3 Å². The fourth-order valence-corrected chi connectivity index (χ4v) is 4.05. The number of carboxylic acid groups (broad SMARTS) is 1. The van der Waals surface area contributed by atoms with E-state index in [-0.39, 0.29) is 5.91 Å². The maximum absolute atomic E-state index is 13.2. The maximum Gasteiger partial charge on any atom is 0.411 e. The molecule has 7 heteroatoms. The average Bonchev–Trinajstić information content (AvgIpc) is 3.12. The van der Waals surface area contributed by atoms with Gasteiger partial charge in [0.2, 0.25) is 5.91 Å². The molecule has 1 spiro atoms. The summed E-state index contributed by atoms with van der Waals surface area (Å²) < 4.78 is 5.47. The molecule has 2 heterocycles. The molecule has 7 nitrogen and oxygen atoms in total. The Morgan fingerprint density at radius 3 is 2.52 bits per heavy atom. The Labute approximate surface area is 148 Å². The lowest BCUT2D eigenvalue weighted by Gasteiger charge is -2.35. The molecule has 25 heavy (non-hydrogen) atoms. The number of hydrogen-bond donors (Lipinski definition) is 1. The van der Waals surface area contributed by atoms with Gasteiger partial charge in [0.15, 0.2) is 0 Å². The fourth-order valence-electron chi connectivity index (χ4n) is 4.05. The first-order chi connectivity index (χ1) is 11.6. The second-order valence-electron chi connectivity index (χ2n) is 8.55. The van der Waals surface area contributed by atoms with Crippen molar-refractivity contribution in [1.82, 2.24) is 9.80 Å². The molecule has 0 aromatic rings. The van der Waals surface area contributed by atoms with Crippen molar-refractivity contribution in [3.8, 4) is 0 Å². The number of carbonyl (C=O) groups is 3. The van der Waals surface area contributed by atoms with Crippen molar-refractivity contribution < 1.29 is 24.2 Å². The van der Waals surface area contributed by atoms with Crippen LogP contribution >= 0.6 is 0 Å². The molecule has 0 radical (unpaired) electrons. The van der Waals surface area contributed by atoms with Crippen molar-refractivity contribution in [1.29, 1.82) is 0 Å². The summed E-state index contributed by atoms with van der Waals surface area (Å²) in [4.78, 5) is 40.5. The smallest absolute Gasteiger partial charge is 0.411 e. The molecule has 0 aromatic heterocycles. The van der Waals surface area contributed by atoms with E-state index < -0.39 is 29.2 Å². The third-order valence-electron chi connectivity index (χ3n) is 5.44. The molecule has 3 aliphatic rings. The van der Waals surface area contributed by atoms with Gasteiger partial charge in [-0.2, -0.15) is 0 Å². The van der Waals surface area contributed by atoms with E-state index in [0.717, 1.165) is 19.3 Å². The van der Waals surface area contributed by atoms with E-state index in [2.05, 4.69) is 0 Å². The van der Waals surface area contributed by atoms with Gasteiger partial charge in [0.05, 0.1) is 0 Å². The normalized spacial score (nSPS) is 27.9. The summed E-state index contributed by atoms with van der Waals surface area (Å²) in [5.74, 6) is -0.751. The highest BCUT2D eigenvalue weighted by Crippen LogP contribution is 2.42. The Morgan fingerprint density at radius 2 is 1.96 bits per heavy atom. The molecule has 1 aliphatic carbocycles. The van der Waals surface area contributed by atoms with E-state index >= 15 is 0 Å². The van der Waals surface area contributed by atoms with Crippen molar-refractivity contribution in [3.63, 3.8) is 0 Å². The lowest BCUT2D eigenvalue weighted by molar-refractivity contribution is -0.151. The molecule has 2 unspecified atom stereocenters. The molecule has 2 amide bonds. The van der Waals surface area contributed by atoms with E-state index in [9.17, 15) is 19.5 Å². The number of ether oxygens (including phenoxy) is 1. The van der Waals surface area contributed by atoms with Crippen LogP contribution in [0.4, 0.5) is 4.79 Å². The molecule has 2 saturated heterocycles. The largest absolute Gasteiger partial charge is 0.480 e. The lowest BCUT2D eigenvalue weighted by Crippen LogP contribution is -2.55. The molecular formula is C18H28N2O5. The van der Waals surface area contributed by atoms with Crippen LogP contribution in [0.3, 0.4) is 0 Å². The minimum atomic E-state index is -0.945. The van der Waals surface area contributed by atoms with Crippen molar-refractivity contribution >= 4 is 18.0 Å². The van der Waals surface area contributed by atoms with Crippen molar-refractivity contribution in [2.45, 2.75) is 76.5 Å². The summed E-state index contributed by atoms with van der Waals surface area (Å²) in [6.45, 7) is 6.27. The van der Waals surface area contributed by atoms with E-state index in [4.69, 9.17) is 4.74 Å². The van der Waals surface area contributed by atoms with Crippen LogP contribution in [0, 0.1) is 5.92 Å². The summed E-state index contributed by atoms with van der Waals surface area (Å²) in [5.41, 5.74) is -1.54. The number of aliphatic carboxylic acids is 1. The van der Waals surface area contributed by atoms with Gasteiger partial charge < -0.3 is 14.7 Å². The van der Waals surface area contributed by atoms with E-state index in [0.29, 0.717) is 38.3 Å². The third kappa shape index (κ3) is 3.46. The van der Waals surface area contributed by atoms with Gasteiger partial charge in [-0.05, 0) is 52.4 Å². The number of carbonyl (C=O) groups excluding carboxylic acids is 2. The summed E-state index contributed by atoms with van der Waals surface area (Å²) >= 11 is 0. The minimum Gasteiger partial charge on any atom is -0.480 e. The Kier molecular flexibility index (Phi) is 4.45. The molecule has 3 rings (SSSR count). The summed E-state index contributed by atoms with van der Waals surface area (Å²) in [6, 6.07) is -0.777. The van der Waals surface area contributed by atoms with Gasteiger partial charge in [-0.3, -0.25) is 9.69 Å². The first-order valence-corrected chi connectivity index (χ1v) is 9.18. The highest BCUT2D eigenvalue weighted by Gasteiger charge is 2.57. The summed E-state index contributed by atoms with van der Waals surface area (Å²) in [5, 5.41) is 9.59. The van der Waals surface area contributed by atoms with E-state index in [1.54, 1.807) is 20.8 Å². The van der Waals surface area contributed by atoms with Gasteiger partial charge in [-0.25, -0.2) is 9.59 Å². The van der Waals surface area contributed by atoms with Crippen LogP contribution in [0.15, 0.2) is 0 Å². The van der Waals surface area contributed by atoms with Gasteiger partial charge >= 0.3 is 12.1 Å². The number of carboxylic acids is 1. The van der Waals surface area contributed by atoms with E-state index in [1.807, 2.05) is 0 Å². The first-order valence-electron chi connectivity index (χ1n) is 9.18. The summed E-state index contributed by atoms with van der Waals surface area (Å²) in [7, 11) is 0. The second-order valence-corrected chi connectivity index (χ2v) is 8.55. The van der Waals surface area contributed by atoms with E-state index in [1.165, 1.54) is 9.80 Å². The number of hydrogen-bond acceptors (Lipinski definition) is 4. The van der Waals surface area contributed by atoms with Crippen LogP contribution in [-0.2, 0) is 14.3 Å². The van der Waals surface area contributed by atoms with Gasteiger partial charge in [0.25, 0.3) is 0 Å². The van der Waals surface area contributed by atoms with Gasteiger partial charge in [0.1, 0.15) is 17.2 Å². The molecule has 3 fully saturated rings. The predicted octanol–water partition coefficient (Wildman–Crippen LogP) is 2.24. The molecule has 2 aliphatic heterocycles. The fraction of sp³-hybridized carbons (Fsp3) is 0.833. The van der Waals surface area contributed by atoms with Crippen molar-refractivity contribution in [3.05, 3.63) is 0 Å². The molecular weight excluding hydrogens is 324 g/mol. The Hall–Kier alpha value is -1.79. The van der Waals surface area contributed by atoms with Gasteiger partial charge in [-0.15, -0.1) is 0 Å². The molecule has 2 atom stereocenters. The van der Waals surface area contributed by atoms with Crippen LogP contribution in [0.25, 0.3) is 0 Å². The minimum absolute atomic E-state index is 0.219. The van der Waals surface area contributed by atoms with Gasteiger partial charge in [-0.1, -0.05) is 12.8 Å². The monoisotopic (exact) mass is 352 g/mol. The SMILES string of the molecule is CC(C)(C)OC(=O)N1CCCC12CCN(C(CC1CC1)C(=O)O)C2=O. The average molecular weight is 352 g/mol. The maximum atomic E-state index is 13.2. The molecule has 0 aromatic carbocycles. The standard InChI is InChI=1S/C18H28N2O5/c1-17(2,3)25-16(24)20-9-4-7-18(20)8-10-19(15(18)23)13(14(21)22)11-12-5-6-12/h12-13H,4-11H2,1-3H3,(H,21,22). The van der Waals surface area contributed by atoms with Crippen LogP contribution < -0.4 is 0 Å². The lowest BCUT2D eigenvalue weighted by atomic mass is 9.94. The van der Waals surface area contributed by atoms with Crippen molar-refractivity contribution in [2.75, 3.05) is 13.1 Å². The molecule has 140 valence electrons. The Balaban J connectivity index is 1.78. The predicted molar refractivity (Wildman–Crippen MR) is 90.0 cm³/mol. The zero-order chi connectivity index (χ0) is 18.4. The van der Waals surface area contributed by atoms with Crippen LogP contribution in [0.5, 0.6) is 0 Å². The Bertz CT molecular complexity index is 581. The first kappa shape index (κ1) is 18.0. The molecule has 1 N–H and O–H groups in total. The zero-order valence-corrected chi connectivity index (χ0v) is 15.3. The third-order valence-corrected chi connectivity index (χ3v) is 5.44. The quantitative estimate of drug-likeness (QED) is 0.838. The number of nitrogens with zero attached hydrogens (tertiary/aromatic N) is 2. The number of rotatable bonds is 4. The second kappa shape index (κ2) is 6.18. The molecule has 1 saturated carbocycles. The van der Waals surface area contributed by atoms with Gasteiger partial charge in [0, 0.05) is 13.1 Å². The number of likely N-dealkylation sites (tertiary alicyclic amines) is 2. The highest BCUT2D eigenvalue weighted by molar-refractivity contribution is 5.95. The topological polar surface area (TPSA) is 87.2 Å². The van der Waals surface area contributed by atoms with Crippen LogP contribution in [-0.4, -0.2) is 63.1 Å². The number of amides is 2. The van der Waals surface area contributed by atoms with Crippen LogP contribution in [0.2, 0.25) is 0 Å².